The summed E-state index contributed by atoms with van der Waals surface area (Å²) in [5.74, 6) is -1.46. The quantitative estimate of drug-likeness (QED) is 0.879. The number of anilines is 1. The van der Waals surface area contributed by atoms with Crippen molar-refractivity contribution < 1.29 is 19.4 Å². The number of amides is 1. The smallest absolute Gasteiger partial charge is 0.412 e. The molecule has 0 unspecified atom stereocenters. The van der Waals surface area contributed by atoms with Crippen LogP contribution in [0.5, 0.6) is 0 Å². The number of carbonyl (C=O) groups is 2. The van der Waals surface area contributed by atoms with Crippen molar-refractivity contribution in [2.24, 2.45) is 0 Å². The highest BCUT2D eigenvalue weighted by Crippen LogP contribution is 2.18. The number of aliphatic carboxylic acids is 1. The summed E-state index contributed by atoms with van der Waals surface area (Å²) in [4.78, 5) is 22.4. The Balaban J connectivity index is 2.67. The van der Waals surface area contributed by atoms with Crippen molar-refractivity contribution >= 4 is 17.7 Å². The maximum atomic E-state index is 11.5. The molecule has 104 valence electrons. The minimum absolute atomic E-state index is 0.536. The molecule has 0 saturated heterocycles. The molecule has 1 rings (SSSR count). The maximum Gasteiger partial charge on any atom is 0.412 e. The van der Waals surface area contributed by atoms with Crippen LogP contribution in [-0.4, -0.2) is 22.8 Å². The molecule has 0 aliphatic rings. The highest BCUT2D eigenvalue weighted by molar-refractivity contribution is 5.85. The molecule has 0 aliphatic carbocycles. The first-order valence-corrected chi connectivity index (χ1v) is 6.02. The molecule has 5 heteroatoms. The van der Waals surface area contributed by atoms with E-state index >= 15 is 0 Å². The van der Waals surface area contributed by atoms with Crippen molar-refractivity contribution in [3.8, 4) is 0 Å². The number of carboxylic acids is 1. The molecule has 0 heterocycles. The Morgan fingerprint density at radius 1 is 1.21 bits per heavy atom. The van der Waals surface area contributed by atoms with E-state index in [4.69, 9.17) is 9.84 Å². The van der Waals surface area contributed by atoms with E-state index in [1.165, 1.54) is 0 Å². The van der Waals surface area contributed by atoms with Gasteiger partial charge in [0.2, 0.25) is 0 Å². The summed E-state index contributed by atoms with van der Waals surface area (Å²) in [6, 6.07) is 6.65. The van der Waals surface area contributed by atoms with Gasteiger partial charge >= 0.3 is 12.1 Å². The third kappa shape index (κ3) is 4.99. The van der Waals surface area contributed by atoms with Crippen LogP contribution in [0.25, 0.3) is 0 Å². The topological polar surface area (TPSA) is 75.6 Å². The number of ether oxygens (including phenoxy) is 1. The zero-order chi connectivity index (χ0) is 14.6. The van der Waals surface area contributed by atoms with Crippen molar-refractivity contribution in [2.45, 2.75) is 39.2 Å². The minimum Gasteiger partial charge on any atom is -0.481 e. The maximum absolute atomic E-state index is 11.5. The van der Waals surface area contributed by atoms with Crippen LogP contribution >= 0.6 is 0 Å². The third-order valence-electron chi connectivity index (χ3n) is 2.43. The van der Waals surface area contributed by atoms with Gasteiger partial charge in [-0.15, -0.1) is 0 Å². The summed E-state index contributed by atoms with van der Waals surface area (Å²) < 4.78 is 5.11. The molecule has 1 aromatic rings. The molecule has 1 aromatic carbocycles. The van der Waals surface area contributed by atoms with Gasteiger partial charge in [0.15, 0.2) is 0 Å². The van der Waals surface area contributed by atoms with E-state index in [0.717, 1.165) is 0 Å². The van der Waals surface area contributed by atoms with Gasteiger partial charge in [-0.25, -0.2) is 4.79 Å². The van der Waals surface area contributed by atoms with Gasteiger partial charge in [0.05, 0.1) is 5.92 Å². The molecular weight excluding hydrogens is 246 g/mol. The van der Waals surface area contributed by atoms with Crippen LogP contribution in [0, 0.1) is 0 Å². The van der Waals surface area contributed by atoms with Crippen LogP contribution in [0.1, 0.15) is 39.2 Å². The summed E-state index contributed by atoms with van der Waals surface area (Å²) in [5, 5.41) is 11.5. The highest BCUT2D eigenvalue weighted by atomic mass is 16.6. The first-order chi connectivity index (χ1) is 8.69. The molecule has 0 radical (unpaired) electrons. The van der Waals surface area contributed by atoms with Gasteiger partial charge in [0.25, 0.3) is 0 Å². The molecule has 1 atom stereocenters. The SMILES string of the molecule is C[C@@H](C(=O)O)c1ccc(NC(=O)OC(C)(C)C)cc1. The summed E-state index contributed by atoms with van der Waals surface area (Å²) in [7, 11) is 0. The largest absolute Gasteiger partial charge is 0.481 e. The van der Waals surface area contributed by atoms with Crippen molar-refractivity contribution in [1.29, 1.82) is 0 Å². The zero-order valence-electron chi connectivity index (χ0n) is 11.6. The molecule has 5 nitrogen and oxygen atoms in total. The summed E-state index contributed by atoms with van der Waals surface area (Å²) in [6.07, 6.45) is -0.536. The van der Waals surface area contributed by atoms with Crippen LogP contribution < -0.4 is 5.32 Å². The number of rotatable bonds is 3. The Hall–Kier alpha value is -2.04. The zero-order valence-corrected chi connectivity index (χ0v) is 11.6. The van der Waals surface area contributed by atoms with E-state index in [-0.39, 0.29) is 0 Å². The molecule has 0 aromatic heterocycles. The van der Waals surface area contributed by atoms with Gasteiger partial charge in [-0.1, -0.05) is 12.1 Å². The summed E-state index contributed by atoms with van der Waals surface area (Å²) >= 11 is 0. The first-order valence-electron chi connectivity index (χ1n) is 6.02. The van der Waals surface area contributed by atoms with E-state index in [9.17, 15) is 9.59 Å². The Labute approximate surface area is 112 Å². The summed E-state index contributed by atoms with van der Waals surface area (Å²) in [5.41, 5.74) is 0.694. The van der Waals surface area contributed by atoms with E-state index in [2.05, 4.69) is 5.32 Å². The van der Waals surface area contributed by atoms with Crippen molar-refractivity contribution in [2.75, 3.05) is 5.32 Å². The number of carbonyl (C=O) groups excluding carboxylic acids is 1. The van der Waals surface area contributed by atoms with Crippen LogP contribution in [0.4, 0.5) is 10.5 Å². The van der Waals surface area contributed by atoms with E-state index < -0.39 is 23.6 Å². The van der Waals surface area contributed by atoms with Crippen LogP contribution in [0.3, 0.4) is 0 Å². The molecule has 0 aliphatic heterocycles. The average molecular weight is 265 g/mol. The molecular formula is C14H19NO4. The molecule has 0 fully saturated rings. The lowest BCUT2D eigenvalue weighted by Crippen LogP contribution is -2.27. The van der Waals surface area contributed by atoms with Gasteiger partial charge in [-0.3, -0.25) is 10.1 Å². The normalized spacial score (nSPS) is 12.6. The number of hydrogen-bond donors (Lipinski definition) is 2. The Bertz CT molecular complexity index is 459. The lowest BCUT2D eigenvalue weighted by atomic mass is 10.0. The lowest BCUT2D eigenvalue weighted by Gasteiger charge is -2.19. The fraction of sp³-hybridized carbons (Fsp3) is 0.429. The van der Waals surface area contributed by atoms with Crippen LogP contribution in [-0.2, 0) is 9.53 Å². The van der Waals surface area contributed by atoms with Gasteiger partial charge in [0, 0.05) is 5.69 Å². The van der Waals surface area contributed by atoms with Crippen molar-refractivity contribution in [3.05, 3.63) is 29.8 Å². The number of hydrogen-bond acceptors (Lipinski definition) is 3. The van der Waals surface area contributed by atoms with Gasteiger partial charge in [-0.2, -0.15) is 0 Å². The Kier molecular flexibility index (Phi) is 4.53. The van der Waals surface area contributed by atoms with Crippen LogP contribution in [0.2, 0.25) is 0 Å². The average Bonchev–Trinajstić information content (AvgIpc) is 2.26. The predicted molar refractivity (Wildman–Crippen MR) is 72.3 cm³/mol. The van der Waals surface area contributed by atoms with Gasteiger partial charge < -0.3 is 9.84 Å². The van der Waals surface area contributed by atoms with E-state index in [0.29, 0.717) is 11.3 Å². The second-order valence-electron chi connectivity index (χ2n) is 5.31. The Morgan fingerprint density at radius 2 is 1.74 bits per heavy atom. The fourth-order valence-corrected chi connectivity index (χ4v) is 1.42. The van der Waals surface area contributed by atoms with Crippen molar-refractivity contribution in [1.82, 2.24) is 0 Å². The monoisotopic (exact) mass is 265 g/mol. The van der Waals surface area contributed by atoms with Gasteiger partial charge in [0.1, 0.15) is 5.60 Å². The third-order valence-corrected chi connectivity index (χ3v) is 2.43. The number of benzene rings is 1. The number of carboxylic acid groups (broad SMARTS) is 1. The van der Waals surface area contributed by atoms with Crippen LogP contribution in [0.15, 0.2) is 24.3 Å². The Morgan fingerprint density at radius 3 is 2.16 bits per heavy atom. The second kappa shape index (κ2) is 5.73. The van der Waals surface area contributed by atoms with Gasteiger partial charge in [-0.05, 0) is 45.4 Å². The molecule has 0 saturated carbocycles. The predicted octanol–water partition coefficient (Wildman–Crippen LogP) is 3.22. The summed E-state index contributed by atoms with van der Waals surface area (Å²) in [6.45, 7) is 6.96. The molecule has 0 bridgehead atoms. The number of nitrogens with one attached hydrogen (secondary N) is 1. The molecule has 19 heavy (non-hydrogen) atoms. The molecule has 1 amide bonds. The first kappa shape index (κ1) is 15.0. The molecule has 0 spiro atoms. The standard InChI is InChI=1S/C14H19NO4/c1-9(12(16)17)10-5-7-11(8-6-10)15-13(18)19-14(2,3)4/h5-9H,1-4H3,(H,15,18)(H,16,17)/t9-/m1/s1. The van der Waals surface area contributed by atoms with Crippen molar-refractivity contribution in [3.63, 3.8) is 0 Å². The second-order valence-corrected chi connectivity index (χ2v) is 5.31. The fourth-order valence-electron chi connectivity index (χ4n) is 1.42. The highest BCUT2D eigenvalue weighted by Gasteiger charge is 2.17. The van der Waals surface area contributed by atoms with E-state index in [1.54, 1.807) is 52.0 Å². The molecule has 2 N–H and O–H groups in total. The minimum atomic E-state index is -0.882. The lowest BCUT2D eigenvalue weighted by molar-refractivity contribution is -0.138. The van der Waals surface area contributed by atoms with E-state index in [1.807, 2.05) is 0 Å².